The quantitative estimate of drug-likeness (QED) is 0.561. The molecule has 13 heavy (non-hydrogen) atoms. The summed E-state index contributed by atoms with van der Waals surface area (Å²) in [6, 6.07) is 1.20. The van der Waals surface area contributed by atoms with Crippen molar-refractivity contribution in [3.63, 3.8) is 0 Å². The molecular weight excluding hydrogens is 162 g/mol. The van der Waals surface area contributed by atoms with E-state index in [0.717, 1.165) is 24.7 Å². The molecule has 4 atom stereocenters. The van der Waals surface area contributed by atoms with Gasteiger partial charge in [0.2, 0.25) is 0 Å². The lowest BCUT2D eigenvalue weighted by molar-refractivity contribution is -0.128. The van der Waals surface area contributed by atoms with Gasteiger partial charge in [-0.25, -0.2) is 0 Å². The van der Waals surface area contributed by atoms with E-state index in [2.05, 4.69) is 11.9 Å². The molecule has 0 amide bonds. The first-order chi connectivity index (χ1) is 6.25. The largest absolute Gasteiger partial charge is 0.300 e. The van der Waals surface area contributed by atoms with Gasteiger partial charge in [0.15, 0.2) is 0 Å². The predicted octanol–water partition coefficient (Wildman–Crippen LogP) is 1.45. The van der Waals surface area contributed by atoms with Crippen molar-refractivity contribution in [2.24, 2.45) is 11.8 Å². The van der Waals surface area contributed by atoms with Gasteiger partial charge < -0.3 is 0 Å². The number of rotatable bonds is 0. The molecule has 3 aliphatic rings. The molecule has 0 N–H and O–H groups in total. The van der Waals surface area contributed by atoms with E-state index < -0.39 is 0 Å². The van der Waals surface area contributed by atoms with Crippen LogP contribution in [0, 0.1) is 11.8 Å². The van der Waals surface area contributed by atoms with Crippen molar-refractivity contribution in [2.45, 2.75) is 44.2 Å². The monoisotopic (exact) mass is 179 g/mol. The minimum Gasteiger partial charge on any atom is -0.300 e. The third-order valence-corrected chi connectivity index (χ3v) is 4.52. The summed E-state index contributed by atoms with van der Waals surface area (Å²) in [6.07, 6.45) is 5.84. The van der Waals surface area contributed by atoms with Gasteiger partial charge in [-0.2, -0.15) is 0 Å². The maximum atomic E-state index is 11.5. The molecule has 2 heteroatoms. The lowest BCUT2D eigenvalue weighted by atomic mass is 9.77. The first kappa shape index (κ1) is 7.98. The van der Waals surface area contributed by atoms with E-state index >= 15 is 0 Å². The van der Waals surface area contributed by atoms with E-state index in [9.17, 15) is 4.79 Å². The summed E-state index contributed by atoms with van der Waals surface area (Å²) in [6.45, 7) is 0. The number of hydrogen-bond acceptors (Lipinski definition) is 2. The van der Waals surface area contributed by atoms with Gasteiger partial charge in [-0.15, -0.1) is 0 Å². The summed E-state index contributed by atoms with van der Waals surface area (Å²) in [5.74, 6) is 2.20. The van der Waals surface area contributed by atoms with Crippen molar-refractivity contribution >= 4 is 5.78 Å². The Balaban J connectivity index is 1.95. The van der Waals surface area contributed by atoms with Crippen LogP contribution in [0.5, 0.6) is 0 Å². The van der Waals surface area contributed by atoms with Gasteiger partial charge in [0.1, 0.15) is 5.78 Å². The van der Waals surface area contributed by atoms with Crippen molar-refractivity contribution in [1.82, 2.24) is 4.90 Å². The maximum absolute atomic E-state index is 11.5. The summed E-state index contributed by atoms with van der Waals surface area (Å²) in [5, 5.41) is 0. The highest BCUT2D eigenvalue weighted by Gasteiger charge is 2.48. The number of piperidine rings is 2. The average molecular weight is 179 g/mol. The fourth-order valence-electron chi connectivity index (χ4n) is 3.83. The number of hydrogen-bond donors (Lipinski definition) is 0. The molecular formula is C11H17NO. The zero-order valence-electron chi connectivity index (χ0n) is 8.20. The van der Waals surface area contributed by atoms with E-state index in [1.165, 1.54) is 19.3 Å². The van der Waals surface area contributed by atoms with Crippen molar-refractivity contribution in [3.8, 4) is 0 Å². The van der Waals surface area contributed by atoms with E-state index in [1.807, 2.05) is 0 Å². The minimum atomic E-state index is 0.518. The normalized spacial score (nSPS) is 49.8. The highest BCUT2D eigenvalue weighted by molar-refractivity contribution is 5.80. The summed E-state index contributed by atoms with van der Waals surface area (Å²) >= 11 is 0. The Morgan fingerprint density at radius 2 is 1.69 bits per heavy atom. The molecule has 0 radical (unpaired) electrons. The first-order valence-corrected chi connectivity index (χ1v) is 5.49. The summed E-state index contributed by atoms with van der Waals surface area (Å²) in [7, 11) is 2.23. The average Bonchev–Trinajstić information content (AvgIpc) is 2.52. The second-order valence-corrected chi connectivity index (χ2v) is 5.08. The van der Waals surface area contributed by atoms with E-state index in [4.69, 9.17) is 0 Å². The lowest BCUT2D eigenvalue weighted by Gasteiger charge is -2.47. The Morgan fingerprint density at radius 1 is 1.15 bits per heavy atom. The van der Waals surface area contributed by atoms with E-state index in [1.54, 1.807) is 0 Å². The Morgan fingerprint density at radius 3 is 2.23 bits per heavy atom. The van der Waals surface area contributed by atoms with Gasteiger partial charge in [0, 0.05) is 24.9 Å². The number of nitrogens with zero attached hydrogens (tertiary/aromatic N) is 1. The fourth-order valence-corrected chi connectivity index (χ4v) is 3.83. The van der Waals surface area contributed by atoms with Crippen LogP contribution in [0.25, 0.3) is 0 Å². The molecule has 4 bridgehead atoms. The maximum Gasteiger partial charge on any atom is 0.136 e. The molecule has 3 fully saturated rings. The molecule has 0 spiro atoms. The van der Waals surface area contributed by atoms with Crippen LogP contribution in [0.15, 0.2) is 0 Å². The molecule has 2 aliphatic heterocycles. The predicted molar refractivity (Wildman–Crippen MR) is 50.4 cm³/mol. The van der Waals surface area contributed by atoms with Gasteiger partial charge in [0.05, 0.1) is 0 Å². The molecule has 0 aromatic heterocycles. The molecule has 0 aromatic rings. The minimum absolute atomic E-state index is 0.518. The van der Waals surface area contributed by atoms with E-state index in [0.29, 0.717) is 17.9 Å². The third-order valence-electron chi connectivity index (χ3n) is 4.52. The van der Waals surface area contributed by atoms with Gasteiger partial charge in [0.25, 0.3) is 0 Å². The van der Waals surface area contributed by atoms with Gasteiger partial charge in [-0.3, -0.25) is 9.69 Å². The topological polar surface area (TPSA) is 20.3 Å². The zero-order chi connectivity index (χ0) is 9.00. The third kappa shape index (κ3) is 1.01. The Bertz CT molecular complexity index is 228. The van der Waals surface area contributed by atoms with Crippen molar-refractivity contribution in [2.75, 3.05) is 7.05 Å². The van der Waals surface area contributed by atoms with Gasteiger partial charge in [-0.05, 0) is 38.1 Å². The molecule has 0 unspecified atom stereocenters. The van der Waals surface area contributed by atoms with Crippen LogP contribution in [0.2, 0.25) is 0 Å². The number of carbonyl (C=O) groups is 1. The number of carbonyl (C=O) groups excluding carboxylic acids is 1. The molecule has 1 saturated carbocycles. The highest BCUT2D eigenvalue weighted by Crippen LogP contribution is 2.47. The van der Waals surface area contributed by atoms with Crippen molar-refractivity contribution in [3.05, 3.63) is 0 Å². The summed E-state index contributed by atoms with van der Waals surface area (Å²) < 4.78 is 0. The number of Topliss-reactive ketones (excluding diaryl/α,β-unsaturated/α-hetero) is 1. The fraction of sp³-hybridized carbons (Fsp3) is 0.909. The summed E-state index contributed by atoms with van der Waals surface area (Å²) in [4.78, 5) is 14.0. The Labute approximate surface area is 79.3 Å². The molecule has 2 nitrogen and oxygen atoms in total. The first-order valence-electron chi connectivity index (χ1n) is 5.49. The van der Waals surface area contributed by atoms with E-state index in [-0.39, 0.29) is 0 Å². The molecule has 2 saturated heterocycles. The van der Waals surface area contributed by atoms with Crippen molar-refractivity contribution < 1.29 is 4.79 Å². The Kier molecular flexibility index (Phi) is 1.58. The second-order valence-electron chi connectivity index (χ2n) is 5.08. The highest BCUT2D eigenvalue weighted by atomic mass is 16.1. The SMILES string of the molecule is CN1[C@@H]2CC(=O)C[C@@H]1[C@@H]1CC[C@@H]2C1. The van der Waals surface area contributed by atoms with Crippen LogP contribution >= 0.6 is 0 Å². The van der Waals surface area contributed by atoms with Crippen LogP contribution in [0.3, 0.4) is 0 Å². The zero-order valence-corrected chi connectivity index (χ0v) is 8.20. The molecule has 3 rings (SSSR count). The molecule has 0 aromatic carbocycles. The number of ketones is 1. The van der Waals surface area contributed by atoms with Crippen LogP contribution in [0.1, 0.15) is 32.1 Å². The van der Waals surface area contributed by atoms with Gasteiger partial charge in [-0.1, -0.05) is 0 Å². The molecule has 72 valence electrons. The van der Waals surface area contributed by atoms with Crippen molar-refractivity contribution in [1.29, 1.82) is 0 Å². The second kappa shape index (κ2) is 2.57. The van der Waals surface area contributed by atoms with Crippen LogP contribution in [-0.2, 0) is 4.79 Å². The molecule has 1 aliphatic carbocycles. The molecule has 2 heterocycles. The smallest absolute Gasteiger partial charge is 0.136 e. The van der Waals surface area contributed by atoms with Crippen LogP contribution in [0.4, 0.5) is 0 Å². The van der Waals surface area contributed by atoms with Gasteiger partial charge >= 0.3 is 0 Å². The van der Waals surface area contributed by atoms with Crippen LogP contribution < -0.4 is 0 Å². The summed E-state index contributed by atoms with van der Waals surface area (Å²) in [5.41, 5.74) is 0. The van der Waals surface area contributed by atoms with Crippen LogP contribution in [-0.4, -0.2) is 29.8 Å². The number of fused-ring (bicyclic) bond motifs is 6. The lowest BCUT2D eigenvalue weighted by Crippen LogP contribution is -2.55. The standard InChI is InChI=1S/C11H17NO/c1-12-10-5-9(13)6-11(12)8-3-2-7(10)4-8/h7-8,10-11H,2-6H2,1H3/t7-,8-,10-,11-/m1/s1. The Hall–Kier alpha value is -0.370.